The summed E-state index contributed by atoms with van der Waals surface area (Å²) in [5.74, 6) is -2.17. The number of benzene rings is 1. The highest BCUT2D eigenvalue weighted by Gasteiger charge is 2.48. The molecule has 2 rings (SSSR count). The zero-order chi connectivity index (χ0) is 15.8. The molecule has 21 heavy (non-hydrogen) atoms. The van der Waals surface area contributed by atoms with E-state index in [1.54, 1.807) is 6.07 Å². The summed E-state index contributed by atoms with van der Waals surface area (Å²) in [5.41, 5.74) is 1.77. The summed E-state index contributed by atoms with van der Waals surface area (Å²) in [6.45, 7) is 5.01. The summed E-state index contributed by atoms with van der Waals surface area (Å²) in [6.07, 6.45) is -1.07. The number of fused-ring (bicyclic) bond motifs is 1. The van der Waals surface area contributed by atoms with E-state index in [4.69, 9.17) is 26.2 Å². The van der Waals surface area contributed by atoms with Crippen LogP contribution in [0.1, 0.15) is 25.0 Å². The smallest absolute Gasteiger partial charge is 0.449 e. The SMILES string of the molecule is Cc1c(C[C@@H](C)Cl)ccc2c1OC(C)(C(=O)OC(=O)O)O2. The summed E-state index contributed by atoms with van der Waals surface area (Å²) in [7, 11) is 0. The monoisotopic (exact) mass is 314 g/mol. The van der Waals surface area contributed by atoms with Crippen LogP contribution in [-0.4, -0.2) is 28.4 Å². The lowest BCUT2D eigenvalue weighted by molar-refractivity contribution is -0.175. The number of ether oxygens (including phenoxy) is 3. The highest BCUT2D eigenvalue weighted by atomic mass is 35.5. The molecule has 1 aliphatic heterocycles. The quantitative estimate of drug-likeness (QED) is 0.525. The molecule has 0 spiro atoms. The minimum absolute atomic E-state index is 0.0487. The molecule has 0 aliphatic carbocycles. The topological polar surface area (TPSA) is 82.1 Å². The van der Waals surface area contributed by atoms with E-state index in [9.17, 15) is 9.59 Å². The molecule has 2 atom stereocenters. The van der Waals surface area contributed by atoms with Gasteiger partial charge >= 0.3 is 17.9 Å². The third-order valence-electron chi connectivity index (χ3n) is 3.14. The number of carbonyl (C=O) groups excluding carboxylic acids is 1. The summed E-state index contributed by atoms with van der Waals surface area (Å²) in [6, 6.07) is 3.50. The number of rotatable bonds is 3. The number of carbonyl (C=O) groups is 2. The van der Waals surface area contributed by atoms with E-state index in [-0.39, 0.29) is 5.38 Å². The molecule has 0 saturated carbocycles. The van der Waals surface area contributed by atoms with Gasteiger partial charge in [-0.3, -0.25) is 0 Å². The highest BCUT2D eigenvalue weighted by molar-refractivity contribution is 6.20. The molecule has 0 saturated heterocycles. The van der Waals surface area contributed by atoms with Crippen LogP contribution in [0, 0.1) is 6.92 Å². The van der Waals surface area contributed by atoms with Crippen molar-refractivity contribution < 1.29 is 28.9 Å². The van der Waals surface area contributed by atoms with Gasteiger partial charge in [-0.2, -0.15) is 0 Å². The maximum absolute atomic E-state index is 11.7. The molecule has 114 valence electrons. The van der Waals surface area contributed by atoms with E-state index in [1.165, 1.54) is 6.92 Å². The predicted octanol–water partition coefficient (Wildman–Crippen LogP) is 2.87. The third-order valence-corrected chi connectivity index (χ3v) is 3.29. The molecule has 1 heterocycles. The van der Waals surface area contributed by atoms with Gasteiger partial charge in [-0.25, -0.2) is 9.59 Å². The van der Waals surface area contributed by atoms with Crippen molar-refractivity contribution in [2.24, 2.45) is 0 Å². The van der Waals surface area contributed by atoms with Gasteiger partial charge < -0.3 is 19.3 Å². The number of hydrogen-bond acceptors (Lipinski definition) is 5. The van der Waals surface area contributed by atoms with Crippen LogP contribution in [0.5, 0.6) is 11.5 Å². The van der Waals surface area contributed by atoms with E-state index in [1.807, 2.05) is 19.9 Å². The Kier molecular flexibility index (Phi) is 4.00. The van der Waals surface area contributed by atoms with Crippen molar-refractivity contribution in [3.8, 4) is 11.5 Å². The van der Waals surface area contributed by atoms with Gasteiger partial charge in [-0.05, 0) is 37.5 Å². The molecular formula is C14H15ClO6. The number of hydrogen-bond donors (Lipinski definition) is 1. The largest absolute Gasteiger partial charge is 0.513 e. The molecule has 7 heteroatoms. The lowest BCUT2D eigenvalue weighted by Gasteiger charge is -2.19. The molecule has 1 aromatic carbocycles. The van der Waals surface area contributed by atoms with Gasteiger partial charge in [-0.15, -0.1) is 11.6 Å². The van der Waals surface area contributed by atoms with Crippen molar-refractivity contribution >= 4 is 23.7 Å². The molecular weight excluding hydrogens is 300 g/mol. The molecule has 0 radical (unpaired) electrons. The maximum atomic E-state index is 11.7. The second-order valence-electron chi connectivity index (χ2n) is 4.97. The molecule has 0 fully saturated rings. The van der Waals surface area contributed by atoms with Crippen LogP contribution >= 0.6 is 11.6 Å². The standard InChI is InChI=1S/C14H15ClO6/c1-7(15)6-9-4-5-10-11(8(9)2)21-14(3,20-10)12(16)19-13(17)18/h4-5,7H,6H2,1-3H3,(H,17,18)/t7-,14?/m1/s1. The molecule has 1 unspecified atom stereocenters. The Balaban J connectivity index is 2.28. The first kappa shape index (κ1) is 15.4. The summed E-state index contributed by atoms with van der Waals surface area (Å²) < 4.78 is 15.0. The number of alkyl halides is 1. The Morgan fingerprint density at radius 1 is 1.43 bits per heavy atom. The van der Waals surface area contributed by atoms with Gasteiger partial charge in [0.05, 0.1) is 0 Å². The molecule has 1 aromatic rings. The van der Waals surface area contributed by atoms with Gasteiger partial charge in [0, 0.05) is 12.3 Å². The lowest BCUT2D eigenvalue weighted by Crippen LogP contribution is -2.45. The van der Waals surface area contributed by atoms with Crippen LogP contribution < -0.4 is 9.47 Å². The Hall–Kier alpha value is -1.95. The fourth-order valence-corrected chi connectivity index (χ4v) is 2.29. The highest BCUT2D eigenvalue weighted by Crippen LogP contribution is 2.43. The minimum Gasteiger partial charge on any atom is -0.449 e. The van der Waals surface area contributed by atoms with Crippen LogP contribution in [0.25, 0.3) is 0 Å². The van der Waals surface area contributed by atoms with Crippen LogP contribution in [0.2, 0.25) is 0 Å². The summed E-state index contributed by atoms with van der Waals surface area (Å²) in [4.78, 5) is 22.2. The average Bonchev–Trinajstić information content (AvgIpc) is 2.71. The van der Waals surface area contributed by atoms with Gasteiger partial charge in [0.15, 0.2) is 11.5 Å². The van der Waals surface area contributed by atoms with Crippen LogP contribution in [-0.2, 0) is 16.0 Å². The number of carboxylic acid groups (broad SMARTS) is 1. The zero-order valence-electron chi connectivity index (χ0n) is 11.8. The molecule has 0 bridgehead atoms. The average molecular weight is 315 g/mol. The van der Waals surface area contributed by atoms with Crippen LogP contribution in [0.3, 0.4) is 0 Å². The van der Waals surface area contributed by atoms with Crippen molar-refractivity contribution in [1.82, 2.24) is 0 Å². The Labute approximate surface area is 126 Å². The summed E-state index contributed by atoms with van der Waals surface area (Å²) >= 11 is 5.99. The Morgan fingerprint density at radius 2 is 2.10 bits per heavy atom. The second-order valence-corrected chi connectivity index (χ2v) is 5.71. The molecule has 6 nitrogen and oxygen atoms in total. The fourth-order valence-electron chi connectivity index (χ4n) is 2.12. The first-order valence-electron chi connectivity index (χ1n) is 6.32. The number of halogens is 1. The normalized spacial score (nSPS) is 21.0. The van der Waals surface area contributed by atoms with E-state index in [2.05, 4.69) is 4.74 Å². The minimum atomic E-state index is -1.81. The van der Waals surface area contributed by atoms with Crippen molar-refractivity contribution in [2.75, 3.05) is 0 Å². The predicted molar refractivity (Wildman–Crippen MR) is 74.0 cm³/mol. The van der Waals surface area contributed by atoms with E-state index in [0.29, 0.717) is 17.9 Å². The van der Waals surface area contributed by atoms with Crippen molar-refractivity contribution in [2.45, 2.75) is 38.4 Å². The van der Waals surface area contributed by atoms with Gasteiger partial charge in [0.25, 0.3) is 0 Å². The fraction of sp³-hybridized carbons (Fsp3) is 0.429. The van der Waals surface area contributed by atoms with E-state index < -0.39 is 17.9 Å². The first-order chi connectivity index (χ1) is 9.73. The molecule has 1 N–H and O–H groups in total. The molecule has 0 aromatic heterocycles. The maximum Gasteiger partial charge on any atom is 0.513 e. The lowest BCUT2D eigenvalue weighted by atomic mass is 10.0. The van der Waals surface area contributed by atoms with E-state index >= 15 is 0 Å². The van der Waals surface area contributed by atoms with Crippen molar-refractivity contribution in [3.05, 3.63) is 23.3 Å². The zero-order valence-corrected chi connectivity index (χ0v) is 12.6. The Morgan fingerprint density at radius 3 is 2.67 bits per heavy atom. The second kappa shape index (κ2) is 5.44. The van der Waals surface area contributed by atoms with Crippen LogP contribution in [0.15, 0.2) is 12.1 Å². The number of esters is 1. The van der Waals surface area contributed by atoms with Crippen molar-refractivity contribution in [1.29, 1.82) is 0 Å². The van der Waals surface area contributed by atoms with Crippen molar-refractivity contribution in [3.63, 3.8) is 0 Å². The van der Waals surface area contributed by atoms with Crippen LogP contribution in [0.4, 0.5) is 4.79 Å². The van der Waals surface area contributed by atoms with Gasteiger partial charge in [0.1, 0.15) is 0 Å². The molecule has 0 amide bonds. The Bertz CT molecular complexity index is 597. The third kappa shape index (κ3) is 3.05. The first-order valence-corrected chi connectivity index (χ1v) is 6.76. The van der Waals surface area contributed by atoms with Gasteiger partial charge in [-0.1, -0.05) is 6.07 Å². The van der Waals surface area contributed by atoms with Gasteiger partial charge in [0.2, 0.25) is 0 Å². The van der Waals surface area contributed by atoms with E-state index in [0.717, 1.165) is 11.1 Å². The molecule has 1 aliphatic rings. The summed E-state index contributed by atoms with van der Waals surface area (Å²) in [5, 5.41) is 8.46.